The van der Waals surface area contributed by atoms with Gasteiger partial charge in [0.2, 0.25) is 5.95 Å². The Balaban J connectivity index is 2.65. The first-order chi connectivity index (χ1) is 10.8. The molecule has 23 heavy (non-hydrogen) atoms. The van der Waals surface area contributed by atoms with E-state index < -0.39 is 22.4 Å². The van der Waals surface area contributed by atoms with Crippen LogP contribution in [-0.4, -0.2) is 28.0 Å². The van der Waals surface area contributed by atoms with E-state index in [2.05, 4.69) is 23.1 Å². The average Bonchev–Trinajstić information content (AvgIpc) is 2.88. The predicted octanol–water partition coefficient (Wildman–Crippen LogP) is 3.67. The van der Waals surface area contributed by atoms with Crippen molar-refractivity contribution < 1.29 is 18.1 Å². The number of aromatic amines is 1. The van der Waals surface area contributed by atoms with Gasteiger partial charge in [-0.25, -0.2) is 4.98 Å². The van der Waals surface area contributed by atoms with Gasteiger partial charge >= 0.3 is 6.18 Å². The fourth-order valence-electron chi connectivity index (χ4n) is 2.10. The molecule has 0 atom stereocenters. The first-order valence-electron chi connectivity index (χ1n) is 6.50. The van der Waals surface area contributed by atoms with Crippen LogP contribution in [-0.2, 0) is 6.18 Å². The van der Waals surface area contributed by atoms with Crippen molar-refractivity contribution >= 4 is 22.7 Å². The molecular formula is C14H13F3N4O2. The van der Waals surface area contributed by atoms with Crippen molar-refractivity contribution in [3.05, 3.63) is 53.1 Å². The van der Waals surface area contributed by atoms with Gasteiger partial charge in [0, 0.05) is 19.2 Å². The second-order valence-corrected chi connectivity index (χ2v) is 4.69. The van der Waals surface area contributed by atoms with E-state index in [1.54, 1.807) is 17.1 Å². The van der Waals surface area contributed by atoms with Gasteiger partial charge in [-0.1, -0.05) is 12.2 Å². The van der Waals surface area contributed by atoms with Crippen molar-refractivity contribution in [2.75, 3.05) is 18.0 Å². The molecule has 0 fully saturated rings. The molecule has 9 heteroatoms. The minimum Gasteiger partial charge on any atom is -0.335 e. The quantitative estimate of drug-likeness (QED) is 0.499. The molecule has 122 valence electrons. The summed E-state index contributed by atoms with van der Waals surface area (Å²) in [6.45, 7) is 7.87. The Morgan fingerprint density at radius 1 is 1.30 bits per heavy atom. The highest BCUT2D eigenvalue weighted by molar-refractivity contribution is 5.87. The van der Waals surface area contributed by atoms with Gasteiger partial charge in [0.1, 0.15) is 0 Å². The van der Waals surface area contributed by atoms with E-state index in [0.29, 0.717) is 19.2 Å². The third-order valence-electron chi connectivity index (χ3n) is 3.08. The number of nitro groups is 1. The number of aromatic nitrogens is 2. The van der Waals surface area contributed by atoms with Gasteiger partial charge in [-0.2, -0.15) is 13.2 Å². The number of rotatable bonds is 6. The van der Waals surface area contributed by atoms with E-state index in [4.69, 9.17) is 0 Å². The molecule has 1 N–H and O–H groups in total. The van der Waals surface area contributed by atoms with Gasteiger partial charge in [-0.3, -0.25) is 10.1 Å². The van der Waals surface area contributed by atoms with Crippen molar-refractivity contribution in [3.63, 3.8) is 0 Å². The predicted molar refractivity (Wildman–Crippen MR) is 80.4 cm³/mol. The standard InChI is InChI=1S/C14H13F3N4O2/c1-3-5-20(6-4-2)13-18-10-7-9(14(15,16)17)8-11(21(22)23)12(10)19-13/h3-4,7-8H,1-2,5-6H2,(H,18,19). The van der Waals surface area contributed by atoms with Crippen molar-refractivity contribution in [1.82, 2.24) is 9.97 Å². The molecule has 2 aromatic rings. The molecule has 0 aliphatic carbocycles. The Kier molecular flexibility index (Phi) is 4.39. The van der Waals surface area contributed by atoms with Crippen molar-refractivity contribution in [1.29, 1.82) is 0 Å². The third-order valence-corrected chi connectivity index (χ3v) is 3.08. The number of H-pyrrole nitrogens is 1. The second kappa shape index (κ2) is 6.11. The molecule has 0 amide bonds. The smallest absolute Gasteiger partial charge is 0.335 e. The van der Waals surface area contributed by atoms with Crippen LogP contribution in [0.25, 0.3) is 11.0 Å². The normalized spacial score (nSPS) is 11.4. The van der Waals surface area contributed by atoms with Crippen molar-refractivity contribution in [2.45, 2.75) is 6.18 Å². The fourth-order valence-corrected chi connectivity index (χ4v) is 2.10. The van der Waals surface area contributed by atoms with Crippen LogP contribution < -0.4 is 4.90 Å². The number of hydrogen-bond acceptors (Lipinski definition) is 4. The van der Waals surface area contributed by atoms with Crippen LogP contribution in [0, 0.1) is 10.1 Å². The number of nitrogens with one attached hydrogen (secondary N) is 1. The van der Waals surface area contributed by atoms with Crippen molar-refractivity contribution in [2.24, 2.45) is 0 Å². The zero-order valence-electron chi connectivity index (χ0n) is 11.9. The number of imidazole rings is 1. The summed E-state index contributed by atoms with van der Waals surface area (Å²) in [5.41, 5.74) is -1.99. The average molecular weight is 326 g/mol. The highest BCUT2D eigenvalue weighted by Crippen LogP contribution is 2.36. The number of fused-ring (bicyclic) bond motifs is 1. The summed E-state index contributed by atoms with van der Waals surface area (Å²) in [4.78, 5) is 18.6. The van der Waals surface area contributed by atoms with Gasteiger partial charge in [-0.05, 0) is 6.07 Å². The summed E-state index contributed by atoms with van der Waals surface area (Å²) in [6, 6.07) is 1.29. The van der Waals surface area contributed by atoms with Crippen LogP contribution in [0.5, 0.6) is 0 Å². The van der Waals surface area contributed by atoms with Gasteiger partial charge in [-0.15, -0.1) is 13.2 Å². The van der Waals surface area contributed by atoms with Crippen molar-refractivity contribution in [3.8, 4) is 0 Å². The van der Waals surface area contributed by atoms with Gasteiger partial charge in [0.25, 0.3) is 5.69 Å². The Morgan fingerprint density at radius 3 is 2.39 bits per heavy atom. The number of alkyl halides is 3. The summed E-state index contributed by atoms with van der Waals surface area (Å²) in [5, 5.41) is 11.1. The molecular weight excluding hydrogens is 313 g/mol. The SMILES string of the molecule is C=CCN(CC=C)c1nc2c([N+](=O)[O-])cc(C(F)(F)F)cc2[nH]1. The molecule has 0 radical (unpaired) electrons. The minimum absolute atomic E-state index is 0.0559. The van der Waals surface area contributed by atoms with Crippen LogP contribution in [0.4, 0.5) is 24.8 Å². The summed E-state index contributed by atoms with van der Waals surface area (Å²) in [5.74, 6) is 0.210. The maximum absolute atomic E-state index is 12.9. The number of nitro benzene ring substituents is 1. The lowest BCUT2D eigenvalue weighted by molar-refractivity contribution is -0.383. The van der Waals surface area contributed by atoms with E-state index in [1.807, 2.05) is 0 Å². The Labute approximate surface area is 129 Å². The zero-order chi connectivity index (χ0) is 17.2. The number of hydrogen-bond donors (Lipinski definition) is 1. The number of non-ortho nitro benzene ring substituents is 1. The Morgan fingerprint density at radius 2 is 1.91 bits per heavy atom. The lowest BCUT2D eigenvalue weighted by Crippen LogP contribution is -2.24. The summed E-state index contributed by atoms with van der Waals surface area (Å²) in [7, 11) is 0. The molecule has 0 bridgehead atoms. The second-order valence-electron chi connectivity index (χ2n) is 4.69. The molecule has 0 spiro atoms. The van der Waals surface area contributed by atoms with Crippen LogP contribution in [0.1, 0.15) is 5.56 Å². The maximum atomic E-state index is 12.9. The topological polar surface area (TPSA) is 75.1 Å². The molecule has 1 aromatic carbocycles. The molecule has 0 unspecified atom stereocenters. The molecule has 1 aromatic heterocycles. The summed E-state index contributed by atoms with van der Waals surface area (Å²) in [6.07, 6.45) is -1.54. The summed E-state index contributed by atoms with van der Waals surface area (Å²) >= 11 is 0. The van der Waals surface area contributed by atoms with Crippen LogP contribution in [0.15, 0.2) is 37.4 Å². The largest absolute Gasteiger partial charge is 0.416 e. The highest BCUT2D eigenvalue weighted by atomic mass is 19.4. The molecule has 0 aliphatic heterocycles. The van der Waals surface area contributed by atoms with Crippen LogP contribution in [0.2, 0.25) is 0 Å². The third kappa shape index (κ3) is 3.33. The lowest BCUT2D eigenvalue weighted by Gasteiger charge is -2.17. The van der Waals surface area contributed by atoms with Gasteiger partial charge in [0.05, 0.1) is 16.0 Å². The maximum Gasteiger partial charge on any atom is 0.416 e. The first kappa shape index (κ1) is 16.5. The Bertz CT molecular complexity index is 757. The molecule has 0 saturated carbocycles. The van der Waals surface area contributed by atoms with Gasteiger partial charge in [0.15, 0.2) is 5.52 Å². The van der Waals surface area contributed by atoms with E-state index in [-0.39, 0.29) is 17.0 Å². The molecule has 0 aliphatic rings. The van der Waals surface area contributed by atoms with E-state index in [9.17, 15) is 23.3 Å². The summed E-state index contributed by atoms with van der Waals surface area (Å²) < 4.78 is 38.6. The molecule has 2 rings (SSSR count). The number of benzene rings is 1. The van der Waals surface area contributed by atoms with E-state index >= 15 is 0 Å². The number of nitrogens with zero attached hydrogens (tertiary/aromatic N) is 3. The fraction of sp³-hybridized carbons (Fsp3) is 0.214. The molecule has 0 saturated heterocycles. The van der Waals surface area contributed by atoms with Gasteiger partial charge < -0.3 is 9.88 Å². The molecule has 6 nitrogen and oxygen atoms in total. The highest BCUT2D eigenvalue weighted by Gasteiger charge is 2.34. The zero-order valence-corrected chi connectivity index (χ0v) is 11.9. The monoisotopic (exact) mass is 326 g/mol. The first-order valence-corrected chi connectivity index (χ1v) is 6.50. The van der Waals surface area contributed by atoms with Crippen LogP contribution in [0.3, 0.4) is 0 Å². The molecule has 1 heterocycles. The van der Waals surface area contributed by atoms with Crippen LogP contribution >= 0.6 is 0 Å². The van der Waals surface area contributed by atoms with E-state index in [1.165, 1.54) is 0 Å². The minimum atomic E-state index is -4.69. The van der Waals surface area contributed by atoms with E-state index in [0.717, 1.165) is 6.07 Å². The number of halogens is 3. The lowest BCUT2D eigenvalue weighted by atomic mass is 10.1. The number of anilines is 1. The Hall–Kier alpha value is -2.84.